The lowest BCUT2D eigenvalue weighted by Gasteiger charge is -2.34. The van der Waals surface area contributed by atoms with Gasteiger partial charge in [-0.05, 0) is 43.9 Å². The summed E-state index contributed by atoms with van der Waals surface area (Å²) in [6.45, 7) is 7.15. The minimum Gasteiger partial charge on any atom is -0.378 e. The van der Waals surface area contributed by atoms with Crippen LogP contribution < -0.4 is 10.6 Å². The van der Waals surface area contributed by atoms with Crippen molar-refractivity contribution in [3.63, 3.8) is 0 Å². The number of aliphatic imine (C=N–C) groups is 1. The minimum absolute atomic E-state index is 0. The molecule has 0 atom stereocenters. The number of benzene rings is 1. The monoisotopic (exact) mass is 474 g/mol. The second-order valence-electron chi connectivity index (χ2n) is 6.24. The predicted octanol–water partition coefficient (Wildman–Crippen LogP) is 2.88. The quantitative estimate of drug-likeness (QED) is 0.378. The molecule has 1 heterocycles. The first kappa shape index (κ1) is 22.7. The molecule has 1 amide bonds. The summed E-state index contributed by atoms with van der Waals surface area (Å²) in [5, 5.41) is 6.23. The third-order valence-electron chi connectivity index (χ3n) is 4.33. The molecule has 1 fully saturated rings. The largest absolute Gasteiger partial charge is 0.378 e. The van der Waals surface area contributed by atoms with Crippen molar-refractivity contribution in [2.45, 2.75) is 39.2 Å². The number of guanidine groups is 1. The van der Waals surface area contributed by atoms with Crippen LogP contribution in [0.3, 0.4) is 0 Å². The maximum absolute atomic E-state index is 11.0. The summed E-state index contributed by atoms with van der Waals surface area (Å²) < 4.78 is 5.70. The van der Waals surface area contributed by atoms with Gasteiger partial charge in [0.05, 0.1) is 6.10 Å². The van der Waals surface area contributed by atoms with Crippen molar-refractivity contribution < 1.29 is 9.53 Å². The molecular weight excluding hydrogens is 443 g/mol. The van der Waals surface area contributed by atoms with E-state index in [1.807, 2.05) is 31.3 Å². The van der Waals surface area contributed by atoms with Gasteiger partial charge in [-0.15, -0.1) is 24.0 Å². The molecule has 0 aliphatic carbocycles. The molecule has 146 valence electrons. The summed E-state index contributed by atoms with van der Waals surface area (Å²) in [7, 11) is 1.83. The molecule has 0 unspecified atom stereocenters. The number of halogens is 1. The molecule has 26 heavy (non-hydrogen) atoms. The number of hydrogen-bond acceptors (Lipinski definition) is 3. The van der Waals surface area contributed by atoms with Crippen molar-refractivity contribution in [3.05, 3.63) is 29.8 Å². The van der Waals surface area contributed by atoms with Crippen molar-refractivity contribution in [1.82, 2.24) is 10.2 Å². The lowest BCUT2D eigenvalue weighted by atomic mass is 10.1. The lowest BCUT2D eigenvalue weighted by molar-refractivity contribution is -0.114. The van der Waals surface area contributed by atoms with Gasteiger partial charge in [-0.3, -0.25) is 9.79 Å². The molecule has 0 radical (unpaired) electrons. The lowest BCUT2D eigenvalue weighted by Crippen LogP contribution is -2.47. The van der Waals surface area contributed by atoms with Crippen molar-refractivity contribution in [2.75, 3.05) is 38.6 Å². The maximum Gasteiger partial charge on any atom is 0.221 e. The highest BCUT2D eigenvalue weighted by Crippen LogP contribution is 2.14. The number of piperidine rings is 1. The summed E-state index contributed by atoms with van der Waals surface area (Å²) in [6.07, 6.45) is 3.41. The Labute approximate surface area is 173 Å². The van der Waals surface area contributed by atoms with Gasteiger partial charge >= 0.3 is 0 Å². The summed E-state index contributed by atoms with van der Waals surface area (Å²) in [6, 6.07) is 7.96. The van der Waals surface area contributed by atoms with E-state index in [9.17, 15) is 4.79 Å². The number of anilines is 1. The number of hydrogen-bond donors (Lipinski definition) is 2. The Bertz CT molecular complexity index is 569. The van der Waals surface area contributed by atoms with Gasteiger partial charge in [0.1, 0.15) is 0 Å². The van der Waals surface area contributed by atoms with Crippen LogP contribution in [0.15, 0.2) is 29.3 Å². The summed E-state index contributed by atoms with van der Waals surface area (Å²) in [5.41, 5.74) is 2.06. The second-order valence-corrected chi connectivity index (χ2v) is 6.24. The van der Waals surface area contributed by atoms with Gasteiger partial charge in [-0.2, -0.15) is 0 Å². The molecule has 0 spiro atoms. The second kappa shape index (κ2) is 12.1. The molecule has 2 N–H and O–H groups in total. The SMILES string of the molecule is CCOC1CCN(C(=NC)NCCc2ccc(NC(C)=O)cc2)CC1.I. The first-order valence-electron chi connectivity index (χ1n) is 9.06. The third-order valence-corrected chi connectivity index (χ3v) is 4.33. The van der Waals surface area contributed by atoms with E-state index in [1.54, 1.807) is 0 Å². The van der Waals surface area contributed by atoms with E-state index in [-0.39, 0.29) is 29.9 Å². The molecule has 0 bridgehead atoms. The van der Waals surface area contributed by atoms with Crippen molar-refractivity contribution >= 4 is 41.5 Å². The molecule has 1 aliphatic rings. The van der Waals surface area contributed by atoms with E-state index in [2.05, 4.69) is 27.4 Å². The zero-order valence-electron chi connectivity index (χ0n) is 16.0. The Morgan fingerprint density at radius 3 is 2.46 bits per heavy atom. The van der Waals surface area contributed by atoms with Crippen LogP contribution >= 0.6 is 24.0 Å². The van der Waals surface area contributed by atoms with Crippen molar-refractivity contribution in [2.24, 2.45) is 4.99 Å². The number of nitrogens with one attached hydrogen (secondary N) is 2. The third kappa shape index (κ3) is 7.49. The van der Waals surface area contributed by atoms with E-state index in [0.717, 1.165) is 57.2 Å². The zero-order valence-corrected chi connectivity index (χ0v) is 18.3. The highest BCUT2D eigenvalue weighted by molar-refractivity contribution is 14.0. The minimum atomic E-state index is -0.0497. The fourth-order valence-electron chi connectivity index (χ4n) is 3.08. The Kier molecular flexibility index (Phi) is 10.6. The van der Waals surface area contributed by atoms with Crippen LogP contribution in [0.2, 0.25) is 0 Å². The Morgan fingerprint density at radius 2 is 1.92 bits per heavy atom. The molecule has 6 nitrogen and oxygen atoms in total. The molecule has 1 saturated heterocycles. The van der Waals surface area contributed by atoms with Gasteiger partial charge in [0.2, 0.25) is 5.91 Å². The van der Waals surface area contributed by atoms with E-state index in [1.165, 1.54) is 12.5 Å². The van der Waals surface area contributed by atoms with Gasteiger partial charge in [0.15, 0.2) is 5.96 Å². The Balaban J connectivity index is 0.00000338. The van der Waals surface area contributed by atoms with Crippen LogP contribution in [0, 0.1) is 0 Å². The fraction of sp³-hybridized carbons (Fsp3) is 0.579. The standard InChI is InChI=1S/C19H30N4O2.HI/c1-4-25-18-10-13-23(14-11-18)19(20-3)21-12-9-16-5-7-17(8-6-16)22-15(2)24;/h5-8,18H,4,9-14H2,1-3H3,(H,20,21)(H,22,24);1H. The summed E-state index contributed by atoms with van der Waals surface area (Å²) in [4.78, 5) is 17.7. The highest BCUT2D eigenvalue weighted by atomic mass is 127. The van der Waals surface area contributed by atoms with Gasteiger partial charge in [0.25, 0.3) is 0 Å². The molecule has 0 aromatic heterocycles. The fourth-order valence-corrected chi connectivity index (χ4v) is 3.08. The van der Waals surface area contributed by atoms with Gasteiger partial charge < -0.3 is 20.3 Å². The maximum atomic E-state index is 11.0. The van der Waals surface area contributed by atoms with Gasteiger partial charge in [0, 0.05) is 45.9 Å². The first-order chi connectivity index (χ1) is 12.1. The van der Waals surface area contributed by atoms with E-state index >= 15 is 0 Å². The molecule has 2 rings (SSSR count). The zero-order chi connectivity index (χ0) is 18.1. The van der Waals surface area contributed by atoms with E-state index < -0.39 is 0 Å². The van der Waals surface area contributed by atoms with Crippen molar-refractivity contribution in [3.8, 4) is 0 Å². The van der Waals surface area contributed by atoms with Crippen molar-refractivity contribution in [1.29, 1.82) is 0 Å². The van der Waals surface area contributed by atoms with Crippen LogP contribution in [0.1, 0.15) is 32.3 Å². The van der Waals surface area contributed by atoms with Crippen LogP contribution in [0.25, 0.3) is 0 Å². The Hall–Kier alpha value is -1.35. The number of carbonyl (C=O) groups is 1. The number of amides is 1. The summed E-state index contributed by atoms with van der Waals surface area (Å²) >= 11 is 0. The van der Waals surface area contributed by atoms with E-state index in [4.69, 9.17) is 4.74 Å². The van der Waals surface area contributed by atoms with Crippen LogP contribution in [-0.2, 0) is 16.0 Å². The number of ether oxygens (including phenoxy) is 1. The number of likely N-dealkylation sites (tertiary alicyclic amines) is 1. The smallest absolute Gasteiger partial charge is 0.221 e. The molecule has 1 aromatic rings. The average molecular weight is 474 g/mol. The normalized spacial score (nSPS) is 15.3. The first-order valence-corrected chi connectivity index (χ1v) is 9.06. The van der Waals surface area contributed by atoms with Gasteiger partial charge in [-0.1, -0.05) is 12.1 Å². The van der Waals surface area contributed by atoms with Crippen LogP contribution in [0.5, 0.6) is 0 Å². The topological polar surface area (TPSA) is 66.0 Å². The Morgan fingerprint density at radius 1 is 1.27 bits per heavy atom. The van der Waals surface area contributed by atoms with E-state index in [0.29, 0.717) is 6.10 Å². The molecule has 0 saturated carbocycles. The molecule has 7 heteroatoms. The number of rotatable bonds is 6. The van der Waals surface area contributed by atoms with Crippen LogP contribution in [0.4, 0.5) is 5.69 Å². The highest BCUT2D eigenvalue weighted by Gasteiger charge is 2.21. The predicted molar refractivity (Wildman–Crippen MR) is 117 cm³/mol. The molecule has 1 aromatic carbocycles. The number of nitrogens with zero attached hydrogens (tertiary/aromatic N) is 2. The molecule has 1 aliphatic heterocycles. The summed E-state index contributed by atoms with van der Waals surface area (Å²) in [5.74, 6) is 0.913. The van der Waals surface area contributed by atoms with Crippen LogP contribution in [-0.4, -0.2) is 56.2 Å². The number of carbonyl (C=O) groups excluding carboxylic acids is 1. The average Bonchev–Trinajstić information content (AvgIpc) is 2.61. The molecular formula is C19H31IN4O2. The van der Waals surface area contributed by atoms with Gasteiger partial charge in [-0.25, -0.2) is 0 Å².